The highest BCUT2D eigenvalue weighted by atomic mass is 19.4. The minimum absolute atomic E-state index is 0.108. The van der Waals surface area contributed by atoms with E-state index in [0.29, 0.717) is 12.0 Å². The normalized spacial score (nSPS) is 20.2. The molecule has 176 valence electrons. The number of benzene rings is 2. The lowest BCUT2D eigenvalue weighted by Crippen LogP contribution is -2.55. The van der Waals surface area contributed by atoms with Crippen LogP contribution in [0.4, 0.5) is 18.0 Å². The lowest BCUT2D eigenvalue weighted by Gasteiger charge is -2.45. The smallest absolute Gasteiger partial charge is 0.416 e. The fraction of sp³-hybridized carbons (Fsp3) is 0.417. The molecule has 0 spiro atoms. The molecule has 33 heavy (non-hydrogen) atoms. The van der Waals surface area contributed by atoms with Gasteiger partial charge in [0.05, 0.1) is 11.6 Å². The first-order valence-corrected chi connectivity index (χ1v) is 10.7. The molecule has 0 aromatic heterocycles. The van der Waals surface area contributed by atoms with Gasteiger partial charge in [-0.25, -0.2) is 4.79 Å². The van der Waals surface area contributed by atoms with E-state index in [-0.39, 0.29) is 37.9 Å². The van der Waals surface area contributed by atoms with E-state index in [0.717, 1.165) is 17.7 Å². The standard InChI is InChI=1S/C24H25F3N2O4/c1-23(2)13-19(18-9-8-17(24(25,26)27)12-20(18)33-23)29-11-10-28(14-21(29)30)22(31)32-15-16-6-4-3-5-7-16/h3-9,12,19H,10-11,13-15H2,1-2H3. The summed E-state index contributed by atoms with van der Waals surface area (Å²) in [5, 5.41) is 0. The first kappa shape index (κ1) is 22.9. The van der Waals surface area contributed by atoms with Crippen molar-refractivity contribution in [3.8, 4) is 5.75 Å². The Morgan fingerprint density at radius 2 is 1.88 bits per heavy atom. The van der Waals surface area contributed by atoms with E-state index >= 15 is 0 Å². The number of hydrogen-bond acceptors (Lipinski definition) is 4. The van der Waals surface area contributed by atoms with Gasteiger partial charge in [0.1, 0.15) is 24.5 Å². The second kappa shape index (κ2) is 8.61. The van der Waals surface area contributed by atoms with Gasteiger partial charge in [-0.3, -0.25) is 9.69 Å². The number of amides is 2. The molecule has 2 aliphatic heterocycles. The van der Waals surface area contributed by atoms with Crippen molar-refractivity contribution in [3.63, 3.8) is 0 Å². The van der Waals surface area contributed by atoms with Crippen LogP contribution in [0.15, 0.2) is 48.5 Å². The Labute approximate surface area is 189 Å². The molecule has 2 aliphatic rings. The monoisotopic (exact) mass is 462 g/mol. The zero-order valence-corrected chi connectivity index (χ0v) is 18.4. The van der Waals surface area contributed by atoms with Crippen LogP contribution in [0.5, 0.6) is 5.75 Å². The van der Waals surface area contributed by atoms with Gasteiger partial charge in [0.25, 0.3) is 0 Å². The lowest BCUT2D eigenvalue weighted by molar-refractivity contribution is -0.141. The van der Waals surface area contributed by atoms with E-state index in [4.69, 9.17) is 9.47 Å². The summed E-state index contributed by atoms with van der Waals surface area (Å²) in [4.78, 5) is 28.4. The third kappa shape index (κ3) is 5.07. The molecule has 2 amide bonds. The number of hydrogen-bond donors (Lipinski definition) is 0. The summed E-state index contributed by atoms with van der Waals surface area (Å²) in [6.07, 6.45) is -4.64. The number of nitrogens with zero attached hydrogens (tertiary/aromatic N) is 2. The Morgan fingerprint density at radius 3 is 2.55 bits per heavy atom. The van der Waals surface area contributed by atoms with Gasteiger partial charge in [-0.2, -0.15) is 13.2 Å². The number of piperazine rings is 1. The molecule has 0 N–H and O–H groups in total. The summed E-state index contributed by atoms with van der Waals surface area (Å²) in [6, 6.07) is 12.2. The number of halogens is 3. The fourth-order valence-corrected chi connectivity index (χ4v) is 4.25. The van der Waals surface area contributed by atoms with Crippen LogP contribution in [-0.4, -0.2) is 47.0 Å². The zero-order valence-electron chi connectivity index (χ0n) is 18.4. The van der Waals surface area contributed by atoms with Gasteiger partial charge in [-0.1, -0.05) is 36.4 Å². The molecule has 6 nitrogen and oxygen atoms in total. The Morgan fingerprint density at radius 1 is 1.15 bits per heavy atom. The van der Waals surface area contributed by atoms with Gasteiger partial charge in [0.2, 0.25) is 5.91 Å². The number of rotatable bonds is 3. The highest BCUT2D eigenvalue weighted by molar-refractivity contribution is 5.84. The van der Waals surface area contributed by atoms with Crippen molar-refractivity contribution in [1.29, 1.82) is 0 Å². The second-order valence-electron chi connectivity index (χ2n) is 8.88. The quantitative estimate of drug-likeness (QED) is 0.658. The van der Waals surface area contributed by atoms with Crippen LogP contribution in [0.25, 0.3) is 0 Å². The van der Waals surface area contributed by atoms with Crippen LogP contribution >= 0.6 is 0 Å². The minimum atomic E-state index is -4.49. The molecule has 1 fully saturated rings. The lowest BCUT2D eigenvalue weighted by atomic mass is 9.87. The van der Waals surface area contributed by atoms with Crippen molar-refractivity contribution in [1.82, 2.24) is 9.80 Å². The van der Waals surface area contributed by atoms with Gasteiger partial charge < -0.3 is 14.4 Å². The Hall–Kier alpha value is -3.23. The number of carbonyl (C=O) groups excluding carboxylic acids is 2. The fourth-order valence-electron chi connectivity index (χ4n) is 4.25. The molecule has 0 saturated carbocycles. The van der Waals surface area contributed by atoms with Crippen molar-refractivity contribution in [2.24, 2.45) is 0 Å². The molecular formula is C24H25F3N2O4. The maximum atomic E-state index is 13.2. The average molecular weight is 462 g/mol. The van der Waals surface area contributed by atoms with E-state index in [2.05, 4.69) is 0 Å². The third-order valence-corrected chi connectivity index (χ3v) is 5.87. The number of alkyl halides is 3. The molecule has 1 unspecified atom stereocenters. The Balaban J connectivity index is 1.47. The van der Waals surface area contributed by atoms with Gasteiger partial charge in [-0.05, 0) is 31.5 Å². The molecule has 1 saturated heterocycles. The largest absolute Gasteiger partial charge is 0.487 e. The summed E-state index contributed by atoms with van der Waals surface area (Å²) in [6.45, 7) is 4.04. The zero-order chi connectivity index (χ0) is 23.8. The summed E-state index contributed by atoms with van der Waals surface area (Å²) in [7, 11) is 0. The van der Waals surface area contributed by atoms with Crippen LogP contribution in [0.2, 0.25) is 0 Å². The van der Waals surface area contributed by atoms with E-state index in [9.17, 15) is 22.8 Å². The summed E-state index contributed by atoms with van der Waals surface area (Å²) in [5.41, 5.74) is -0.172. The molecule has 0 radical (unpaired) electrons. The minimum Gasteiger partial charge on any atom is -0.487 e. The maximum Gasteiger partial charge on any atom is 0.416 e. The molecule has 0 aliphatic carbocycles. The predicted octanol–water partition coefficient (Wildman–Crippen LogP) is 4.79. The maximum absolute atomic E-state index is 13.2. The molecule has 9 heteroatoms. The highest BCUT2D eigenvalue weighted by Crippen LogP contribution is 2.45. The van der Waals surface area contributed by atoms with Crippen molar-refractivity contribution >= 4 is 12.0 Å². The van der Waals surface area contributed by atoms with Gasteiger partial charge in [-0.15, -0.1) is 0 Å². The summed E-state index contributed by atoms with van der Waals surface area (Å²) < 4.78 is 50.7. The van der Waals surface area contributed by atoms with Crippen molar-refractivity contribution in [2.75, 3.05) is 19.6 Å². The van der Waals surface area contributed by atoms with Crippen molar-refractivity contribution in [3.05, 3.63) is 65.2 Å². The molecule has 2 aromatic rings. The predicted molar refractivity (Wildman–Crippen MR) is 113 cm³/mol. The average Bonchev–Trinajstić information content (AvgIpc) is 2.76. The second-order valence-corrected chi connectivity index (χ2v) is 8.88. The van der Waals surface area contributed by atoms with Crippen LogP contribution in [0.3, 0.4) is 0 Å². The van der Waals surface area contributed by atoms with Crippen molar-refractivity contribution in [2.45, 2.75) is 44.7 Å². The van der Waals surface area contributed by atoms with E-state index < -0.39 is 29.5 Å². The first-order valence-electron chi connectivity index (χ1n) is 10.7. The van der Waals surface area contributed by atoms with Gasteiger partial charge >= 0.3 is 12.3 Å². The number of carbonyl (C=O) groups is 2. The van der Waals surface area contributed by atoms with Crippen LogP contribution < -0.4 is 4.74 Å². The molecule has 2 aromatic carbocycles. The topological polar surface area (TPSA) is 59.1 Å². The summed E-state index contributed by atoms with van der Waals surface area (Å²) in [5.74, 6) is -0.157. The molecular weight excluding hydrogens is 437 g/mol. The van der Waals surface area contributed by atoms with Crippen LogP contribution in [-0.2, 0) is 22.3 Å². The molecule has 4 rings (SSSR count). The molecule has 0 bridgehead atoms. The Kier molecular flexibility index (Phi) is 5.99. The van der Waals surface area contributed by atoms with Crippen LogP contribution in [0.1, 0.15) is 43.0 Å². The third-order valence-electron chi connectivity index (χ3n) is 5.87. The SMILES string of the molecule is CC1(C)CC(N2CCN(C(=O)OCc3ccccc3)CC2=O)c2ccc(C(F)(F)F)cc2O1. The number of fused-ring (bicyclic) bond motifs is 1. The highest BCUT2D eigenvalue weighted by Gasteiger charge is 2.42. The van der Waals surface area contributed by atoms with Crippen LogP contribution in [0, 0.1) is 0 Å². The van der Waals surface area contributed by atoms with Gasteiger partial charge in [0.15, 0.2) is 0 Å². The van der Waals surface area contributed by atoms with Gasteiger partial charge in [0, 0.05) is 25.1 Å². The Bertz CT molecular complexity index is 1040. The molecule has 2 heterocycles. The van der Waals surface area contributed by atoms with E-state index in [1.165, 1.54) is 11.0 Å². The van der Waals surface area contributed by atoms with E-state index in [1.54, 1.807) is 18.7 Å². The van der Waals surface area contributed by atoms with E-state index in [1.807, 2.05) is 30.3 Å². The number of ether oxygens (including phenoxy) is 2. The first-order chi connectivity index (χ1) is 15.5. The van der Waals surface area contributed by atoms with Crippen molar-refractivity contribution < 1.29 is 32.2 Å². The molecule has 1 atom stereocenters. The summed E-state index contributed by atoms with van der Waals surface area (Å²) >= 11 is 0.